The predicted molar refractivity (Wildman–Crippen MR) is 58.2 cm³/mol. The molecule has 0 spiro atoms. The average Bonchev–Trinajstić information content (AvgIpc) is 2.49. The standard InChI is InChI=1S/C11H22N2O/c1-11(2,3)9-6-7-13(8-9)10(14)12(4)5/h9H,6-8H2,1-5H3. The van der Waals surface area contributed by atoms with Crippen LogP contribution in [-0.4, -0.2) is 43.0 Å². The molecule has 0 N–H and O–H groups in total. The van der Waals surface area contributed by atoms with E-state index in [9.17, 15) is 4.79 Å². The van der Waals surface area contributed by atoms with Gasteiger partial charge in [-0.1, -0.05) is 20.8 Å². The van der Waals surface area contributed by atoms with Crippen molar-refractivity contribution >= 4 is 6.03 Å². The first-order chi connectivity index (χ1) is 6.32. The Labute approximate surface area is 87.1 Å². The van der Waals surface area contributed by atoms with Gasteiger partial charge in [-0.15, -0.1) is 0 Å². The van der Waals surface area contributed by atoms with Gasteiger partial charge in [-0.25, -0.2) is 4.79 Å². The second-order valence-electron chi connectivity index (χ2n) is 5.47. The summed E-state index contributed by atoms with van der Waals surface area (Å²) in [5, 5.41) is 0. The summed E-state index contributed by atoms with van der Waals surface area (Å²) in [5.41, 5.74) is 0.321. The molecule has 1 aliphatic heterocycles. The van der Waals surface area contributed by atoms with E-state index in [1.807, 2.05) is 19.0 Å². The third kappa shape index (κ3) is 2.40. The monoisotopic (exact) mass is 198 g/mol. The summed E-state index contributed by atoms with van der Waals surface area (Å²) >= 11 is 0. The summed E-state index contributed by atoms with van der Waals surface area (Å²) < 4.78 is 0. The van der Waals surface area contributed by atoms with Crippen molar-refractivity contribution in [1.82, 2.24) is 9.80 Å². The van der Waals surface area contributed by atoms with Gasteiger partial charge in [0.2, 0.25) is 0 Å². The van der Waals surface area contributed by atoms with E-state index >= 15 is 0 Å². The van der Waals surface area contributed by atoms with Crippen LogP contribution >= 0.6 is 0 Å². The average molecular weight is 198 g/mol. The molecule has 1 aliphatic rings. The number of hydrogen-bond acceptors (Lipinski definition) is 1. The van der Waals surface area contributed by atoms with E-state index < -0.39 is 0 Å². The van der Waals surface area contributed by atoms with Gasteiger partial charge in [0.25, 0.3) is 0 Å². The van der Waals surface area contributed by atoms with Crippen LogP contribution in [0.1, 0.15) is 27.2 Å². The zero-order valence-electron chi connectivity index (χ0n) is 10.0. The fraction of sp³-hybridized carbons (Fsp3) is 0.909. The number of rotatable bonds is 0. The Bertz CT molecular complexity index is 218. The van der Waals surface area contributed by atoms with Gasteiger partial charge < -0.3 is 9.80 Å². The highest BCUT2D eigenvalue weighted by molar-refractivity contribution is 5.74. The van der Waals surface area contributed by atoms with E-state index in [0.29, 0.717) is 11.3 Å². The molecule has 0 aromatic carbocycles. The van der Waals surface area contributed by atoms with Crippen LogP contribution in [0.3, 0.4) is 0 Å². The van der Waals surface area contributed by atoms with Crippen LogP contribution in [0.15, 0.2) is 0 Å². The van der Waals surface area contributed by atoms with Crippen molar-refractivity contribution in [3.63, 3.8) is 0 Å². The molecule has 3 heteroatoms. The van der Waals surface area contributed by atoms with Gasteiger partial charge in [0.15, 0.2) is 0 Å². The lowest BCUT2D eigenvalue weighted by molar-refractivity contribution is 0.173. The molecule has 3 nitrogen and oxygen atoms in total. The molecule has 1 rings (SSSR count). The number of carbonyl (C=O) groups excluding carboxylic acids is 1. The van der Waals surface area contributed by atoms with Gasteiger partial charge in [0, 0.05) is 27.2 Å². The smallest absolute Gasteiger partial charge is 0.319 e. The van der Waals surface area contributed by atoms with Gasteiger partial charge >= 0.3 is 6.03 Å². The van der Waals surface area contributed by atoms with Crippen LogP contribution in [0.25, 0.3) is 0 Å². The van der Waals surface area contributed by atoms with Gasteiger partial charge in [-0.2, -0.15) is 0 Å². The molecule has 1 heterocycles. The fourth-order valence-electron chi connectivity index (χ4n) is 1.92. The molecule has 0 saturated carbocycles. The first-order valence-corrected chi connectivity index (χ1v) is 5.28. The second-order valence-corrected chi connectivity index (χ2v) is 5.47. The van der Waals surface area contributed by atoms with Gasteiger partial charge in [0.1, 0.15) is 0 Å². The number of amides is 2. The van der Waals surface area contributed by atoms with E-state index in [2.05, 4.69) is 20.8 Å². The molecule has 2 amide bonds. The zero-order chi connectivity index (χ0) is 10.9. The quantitative estimate of drug-likeness (QED) is 0.584. The van der Waals surface area contributed by atoms with E-state index in [0.717, 1.165) is 19.5 Å². The van der Waals surface area contributed by atoms with Crippen molar-refractivity contribution in [3.05, 3.63) is 0 Å². The van der Waals surface area contributed by atoms with Crippen molar-refractivity contribution < 1.29 is 4.79 Å². The first-order valence-electron chi connectivity index (χ1n) is 5.28. The van der Waals surface area contributed by atoms with Crippen LogP contribution < -0.4 is 0 Å². The van der Waals surface area contributed by atoms with E-state index in [1.54, 1.807) is 4.90 Å². The molecular weight excluding hydrogens is 176 g/mol. The van der Waals surface area contributed by atoms with E-state index in [1.165, 1.54) is 0 Å². The second kappa shape index (κ2) is 3.79. The van der Waals surface area contributed by atoms with Crippen LogP contribution in [0.4, 0.5) is 4.79 Å². The first kappa shape index (κ1) is 11.3. The van der Waals surface area contributed by atoms with Crippen LogP contribution in [0.5, 0.6) is 0 Å². The topological polar surface area (TPSA) is 23.6 Å². The minimum Gasteiger partial charge on any atom is -0.331 e. The minimum atomic E-state index is 0.150. The predicted octanol–water partition coefficient (Wildman–Crippen LogP) is 2.04. The normalized spacial score (nSPS) is 22.6. The molecule has 0 radical (unpaired) electrons. The summed E-state index contributed by atoms with van der Waals surface area (Å²) in [6, 6.07) is 0.150. The van der Waals surface area contributed by atoms with Crippen molar-refractivity contribution in [1.29, 1.82) is 0 Å². The van der Waals surface area contributed by atoms with Crippen molar-refractivity contribution in [2.75, 3.05) is 27.2 Å². The Morgan fingerprint density at radius 2 is 1.93 bits per heavy atom. The Kier molecular flexibility index (Phi) is 3.07. The Hall–Kier alpha value is -0.730. The highest BCUT2D eigenvalue weighted by atomic mass is 16.2. The van der Waals surface area contributed by atoms with E-state index in [4.69, 9.17) is 0 Å². The lowest BCUT2D eigenvalue weighted by Crippen LogP contribution is -2.38. The van der Waals surface area contributed by atoms with Crippen molar-refractivity contribution in [3.8, 4) is 0 Å². The highest BCUT2D eigenvalue weighted by Gasteiger charge is 2.34. The number of likely N-dealkylation sites (tertiary alicyclic amines) is 1. The summed E-state index contributed by atoms with van der Waals surface area (Å²) in [5.74, 6) is 0.645. The largest absolute Gasteiger partial charge is 0.331 e. The van der Waals surface area contributed by atoms with Crippen LogP contribution in [0, 0.1) is 11.3 Å². The van der Waals surface area contributed by atoms with Gasteiger partial charge in [-0.3, -0.25) is 0 Å². The third-order valence-electron chi connectivity index (χ3n) is 3.07. The maximum Gasteiger partial charge on any atom is 0.319 e. The zero-order valence-corrected chi connectivity index (χ0v) is 10.0. The summed E-state index contributed by atoms with van der Waals surface area (Å²) in [4.78, 5) is 15.3. The Balaban J connectivity index is 2.54. The maximum atomic E-state index is 11.7. The molecule has 0 aromatic heterocycles. The van der Waals surface area contributed by atoms with Gasteiger partial charge in [0.05, 0.1) is 0 Å². The Morgan fingerprint density at radius 3 is 2.29 bits per heavy atom. The molecule has 1 saturated heterocycles. The maximum absolute atomic E-state index is 11.7. The minimum absolute atomic E-state index is 0.150. The van der Waals surface area contributed by atoms with Crippen molar-refractivity contribution in [2.24, 2.45) is 11.3 Å². The summed E-state index contributed by atoms with van der Waals surface area (Å²) in [6.45, 7) is 8.59. The molecule has 0 bridgehead atoms. The summed E-state index contributed by atoms with van der Waals surface area (Å²) in [6.07, 6.45) is 1.14. The van der Waals surface area contributed by atoms with Crippen molar-refractivity contribution in [2.45, 2.75) is 27.2 Å². The lowest BCUT2D eigenvalue weighted by Gasteiger charge is -2.27. The molecule has 0 aliphatic carbocycles. The molecule has 1 fully saturated rings. The van der Waals surface area contributed by atoms with Gasteiger partial charge in [-0.05, 0) is 17.8 Å². The molecule has 82 valence electrons. The lowest BCUT2D eigenvalue weighted by atomic mass is 9.80. The number of nitrogens with zero attached hydrogens (tertiary/aromatic N) is 2. The highest BCUT2D eigenvalue weighted by Crippen LogP contribution is 2.33. The van der Waals surface area contributed by atoms with Crippen LogP contribution in [-0.2, 0) is 0 Å². The number of carbonyl (C=O) groups is 1. The molecule has 14 heavy (non-hydrogen) atoms. The van der Waals surface area contributed by atoms with E-state index in [-0.39, 0.29) is 6.03 Å². The molecule has 0 aromatic rings. The SMILES string of the molecule is CN(C)C(=O)N1CCC(C(C)(C)C)C1. The summed E-state index contributed by atoms with van der Waals surface area (Å²) in [7, 11) is 3.62. The fourth-order valence-corrected chi connectivity index (χ4v) is 1.92. The molecule has 1 atom stereocenters. The number of hydrogen-bond donors (Lipinski definition) is 0. The molecule has 1 unspecified atom stereocenters. The number of urea groups is 1. The van der Waals surface area contributed by atoms with Crippen LogP contribution in [0.2, 0.25) is 0 Å². The third-order valence-corrected chi connectivity index (χ3v) is 3.07. The Morgan fingerprint density at radius 1 is 1.36 bits per heavy atom. The molecular formula is C11H22N2O.